The van der Waals surface area contributed by atoms with E-state index in [1.807, 2.05) is 12.1 Å². The van der Waals surface area contributed by atoms with E-state index in [1.54, 1.807) is 33.2 Å². The van der Waals surface area contributed by atoms with Crippen molar-refractivity contribution < 1.29 is 28.6 Å². The van der Waals surface area contributed by atoms with Gasteiger partial charge >= 0.3 is 17.9 Å². The molecule has 0 spiro atoms. The van der Waals surface area contributed by atoms with Crippen molar-refractivity contribution in [2.45, 2.75) is 46.0 Å². The lowest BCUT2D eigenvalue weighted by molar-refractivity contribution is -0.162. The van der Waals surface area contributed by atoms with E-state index in [0.29, 0.717) is 13.0 Å². The monoisotopic (exact) mass is 365 g/mol. The summed E-state index contributed by atoms with van der Waals surface area (Å²) in [7, 11) is 0. The highest BCUT2D eigenvalue weighted by molar-refractivity contribution is 5.95. The number of ether oxygens (including phenoxy) is 3. The van der Waals surface area contributed by atoms with Crippen LogP contribution in [0.25, 0.3) is 0 Å². The van der Waals surface area contributed by atoms with Crippen LogP contribution in [-0.2, 0) is 28.6 Å². The van der Waals surface area contributed by atoms with Gasteiger partial charge in [-0.3, -0.25) is 19.4 Å². The molecule has 1 heterocycles. The summed E-state index contributed by atoms with van der Waals surface area (Å²) in [5, 5.41) is 0. The second kappa shape index (κ2) is 12.0. The topological polar surface area (TPSA) is 91.8 Å². The van der Waals surface area contributed by atoms with Crippen LogP contribution >= 0.6 is 0 Å². The lowest BCUT2D eigenvalue weighted by atomic mass is 9.86. The van der Waals surface area contributed by atoms with Crippen LogP contribution in [-0.4, -0.2) is 42.7 Å². The summed E-state index contributed by atoms with van der Waals surface area (Å²) in [6, 6.07) is 3.62. The molecule has 0 aliphatic carbocycles. The third-order valence-electron chi connectivity index (χ3n) is 3.84. The fourth-order valence-corrected chi connectivity index (χ4v) is 2.64. The standard InChI is InChI=1S/C19H27NO6/c1-4-24-17(21)8-7-15(14-9-11-20-12-10-14)13-16(18(22)25-5-2)19(23)26-6-3/h9-12,15-16H,4-8,13H2,1-3H3. The molecule has 0 amide bonds. The molecule has 0 radical (unpaired) electrons. The molecule has 0 saturated heterocycles. The van der Waals surface area contributed by atoms with Gasteiger partial charge in [0, 0.05) is 18.8 Å². The Kier molecular flexibility index (Phi) is 9.97. The van der Waals surface area contributed by atoms with Crippen molar-refractivity contribution in [1.82, 2.24) is 4.98 Å². The van der Waals surface area contributed by atoms with E-state index in [0.717, 1.165) is 5.56 Å². The first-order chi connectivity index (χ1) is 12.5. The maximum Gasteiger partial charge on any atom is 0.320 e. The summed E-state index contributed by atoms with van der Waals surface area (Å²) in [4.78, 5) is 40.2. The number of rotatable bonds is 11. The molecule has 0 aromatic carbocycles. The SMILES string of the molecule is CCOC(=O)CCC(CC(C(=O)OCC)C(=O)OCC)c1ccncc1. The fourth-order valence-electron chi connectivity index (χ4n) is 2.64. The van der Waals surface area contributed by atoms with E-state index >= 15 is 0 Å². The van der Waals surface area contributed by atoms with Gasteiger partial charge in [0.2, 0.25) is 0 Å². The molecule has 1 aromatic heterocycles. The number of carbonyl (C=O) groups is 3. The van der Waals surface area contributed by atoms with Crippen molar-refractivity contribution >= 4 is 17.9 Å². The molecular weight excluding hydrogens is 338 g/mol. The van der Waals surface area contributed by atoms with Gasteiger partial charge in [-0.15, -0.1) is 0 Å². The van der Waals surface area contributed by atoms with Crippen LogP contribution < -0.4 is 0 Å². The minimum atomic E-state index is -1.03. The Morgan fingerprint density at radius 3 is 1.96 bits per heavy atom. The van der Waals surface area contributed by atoms with Crippen molar-refractivity contribution in [3.63, 3.8) is 0 Å². The molecule has 26 heavy (non-hydrogen) atoms. The van der Waals surface area contributed by atoms with Crippen LogP contribution in [0.2, 0.25) is 0 Å². The number of pyridine rings is 1. The Balaban J connectivity index is 2.96. The number of hydrogen-bond donors (Lipinski definition) is 0. The zero-order valence-corrected chi connectivity index (χ0v) is 15.6. The molecule has 1 atom stereocenters. The van der Waals surface area contributed by atoms with Crippen molar-refractivity contribution in [3.8, 4) is 0 Å². The predicted molar refractivity (Wildman–Crippen MR) is 94.2 cm³/mol. The number of hydrogen-bond acceptors (Lipinski definition) is 7. The van der Waals surface area contributed by atoms with E-state index in [-0.39, 0.29) is 37.9 Å². The van der Waals surface area contributed by atoms with Crippen molar-refractivity contribution in [2.24, 2.45) is 5.92 Å². The Morgan fingerprint density at radius 1 is 0.923 bits per heavy atom. The molecular formula is C19H27NO6. The minimum Gasteiger partial charge on any atom is -0.466 e. The summed E-state index contributed by atoms with van der Waals surface area (Å²) in [6.07, 6.45) is 4.10. The number of aromatic nitrogens is 1. The molecule has 1 unspecified atom stereocenters. The quantitative estimate of drug-likeness (QED) is 0.338. The van der Waals surface area contributed by atoms with E-state index < -0.39 is 17.9 Å². The third-order valence-corrected chi connectivity index (χ3v) is 3.84. The minimum absolute atomic E-state index is 0.178. The normalized spacial score (nSPS) is 11.7. The lowest BCUT2D eigenvalue weighted by Crippen LogP contribution is -2.30. The first-order valence-electron chi connectivity index (χ1n) is 8.92. The molecule has 7 heteroatoms. The van der Waals surface area contributed by atoms with E-state index in [9.17, 15) is 14.4 Å². The highest BCUT2D eigenvalue weighted by Gasteiger charge is 2.33. The summed E-state index contributed by atoms with van der Waals surface area (Å²) in [5.74, 6) is -2.77. The maximum atomic E-state index is 12.2. The first kappa shape index (κ1) is 21.6. The summed E-state index contributed by atoms with van der Waals surface area (Å²) < 4.78 is 15.0. The van der Waals surface area contributed by atoms with E-state index in [4.69, 9.17) is 14.2 Å². The molecule has 1 rings (SSSR count). The fraction of sp³-hybridized carbons (Fsp3) is 0.579. The van der Waals surface area contributed by atoms with Crippen LogP contribution in [0.5, 0.6) is 0 Å². The van der Waals surface area contributed by atoms with Gasteiger partial charge in [0.1, 0.15) is 0 Å². The van der Waals surface area contributed by atoms with Gasteiger partial charge in [-0.05, 0) is 57.2 Å². The molecule has 0 fully saturated rings. The van der Waals surface area contributed by atoms with Crippen LogP contribution in [0.1, 0.15) is 51.5 Å². The molecule has 0 bridgehead atoms. The van der Waals surface area contributed by atoms with Gasteiger partial charge in [-0.25, -0.2) is 0 Å². The largest absolute Gasteiger partial charge is 0.466 e. The van der Waals surface area contributed by atoms with Crippen molar-refractivity contribution in [3.05, 3.63) is 30.1 Å². The molecule has 144 valence electrons. The van der Waals surface area contributed by atoms with E-state index in [1.165, 1.54) is 0 Å². The number of nitrogens with zero attached hydrogens (tertiary/aromatic N) is 1. The van der Waals surface area contributed by atoms with E-state index in [2.05, 4.69) is 4.98 Å². The summed E-state index contributed by atoms with van der Waals surface area (Å²) >= 11 is 0. The average Bonchev–Trinajstić information content (AvgIpc) is 2.63. The third kappa shape index (κ3) is 7.21. The van der Waals surface area contributed by atoms with Crippen LogP contribution in [0.15, 0.2) is 24.5 Å². The zero-order chi connectivity index (χ0) is 19.4. The Bertz CT molecular complexity index is 557. The first-order valence-corrected chi connectivity index (χ1v) is 8.92. The second-order valence-corrected chi connectivity index (χ2v) is 5.61. The van der Waals surface area contributed by atoms with Crippen LogP contribution in [0.4, 0.5) is 0 Å². The predicted octanol–water partition coefficient (Wildman–Crippen LogP) is 2.64. The van der Waals surface area contributed by atoms with Gasteiger partial charge in [-0.2, -0.15) is 0 Å². The molecule has 7 nitrogen and oxygen atoms in total. The lowest BCUT2D eigenvalue weighted by Gasteiger charge is -2.21. The van der Waals surface area contributed by atoms with Crippen LogP contribution in [0, 0.1) is 5.92 Å². The Hall–Kier alpha value is -2.44. The summed E-state index contributed by atoms with van der Waals surface area (Å²) in [5.41, 5.74) is 0.892. The number of esters is 3. The molecule has 0 aliphatic heterocycles. The maximum absolute atomic E-state index is 12.2. The second-order valence-electron chi connectivity index (χ2n) is 5.61. The molecule has 1 aromatic rings. The Labute approximate surface area is 154 Å². The van der Waals surface area contributed by atoms with Crippen molar-refractivity contribution in [1.29, 1.82) is 0 Å². The smallest absolute Gasteiger partial charge is 0.320 e. The van der Waals surface area contributed by atoms with Gasteiger partial charge in [0.05, 0.1) is 19.8 Å². The Morgan fingerprint density at radius 2 is 1.46 bits per heavy atom. The van der Waals surface area contributed by atoms with Gasteiger partial charge < -0.3 is 14.2 Å². The molecule has 0 aliphatic rings. The van der Waals surface area contributed by atoms with Gasteiger partial charge in [-0.1, -0.05) is 0 Å². The van der Waals surface area contributed by atoms with Crippen LogP contribution in [0.3, 0.4) is 0 Å². The molecule has 0 N–H and O–H groups in total. The average molecular weight is 365 g/mol. The van der Waals surface area contributed by atoms with Gasteiger partial charge in [0.25, 0.3) is 0 Å². The summed E-state index contributed by atoms with van der Waals surface area (Å²) in [6.45, 7) is 5.78. The highest BCUT2D eigenvalue weighted by Crippen LogP contribution is 2.29. The highest BCUT2D eigenvalue weighted by atomic mass is 16.6. The van der Waals surface area contributed by atoms with Crippen molar-refractivity contribution in [2.75, 3.05) is 19.8 Å². The zero-order valence-electron chi connectivity index (χ0n) is 15.6. The number of carbonyl (C=O) groups excluding carboxylic acids is 3. The molecule has 0 saturated carbocycles. The van der Waals surface area contributed by atoms with Gasteiger partial charge in [0.15, 0.2) is 5.92 Å².